The van der Waals surface area contributed by atoms with Crippen molar-refractivity contribution in [2.75, 3.05) is 17.7 Å². The van der Waals surface area contributed by atoms with Crippen LogP contribution in [0.3, 0.4) is 0 Å². The molecule has 0 radical (unpaired) electrons. The molecule has 2 aromatic rings. The van der Waals surface area contributed by atoms with E-state index in [-0.39, 0.29) is 6.61 Å². The average Bonchev–Trinajstić information content (AvgIpc) is 2.59. The molecule has 2 rings (SSSR count). The minimum absolute atomic E-state index is 0.296. The SMILES string of the molecule is N#Cc1ccc(OCC(=O)Nc2ccccc2SCC(F)(F)F)cc1. The van der Waals surface area contributed by atoms with Crippen molar-refractivity contribution in [1.82, 2.24) is 0 Å². The normalized spacial score (nSPS) is 10.8. The predicted octanol–water partition coefficient (Wildman–Crippen LogP) is 4.23. The number of ether oxygens (including phenoxy) is 1. The van der Waals surface area contributed by atoms with Gasteiger partial charge in [-0.25, -0.2) is 0 Å². The van der Waals surface area contributed by atoms with Gasteiger partial charge in [0.05, 0.1) is 23.1 Å². The smallest absolute Gasteiger partial charge is 0.398 e. The van der Waals surface area contributed by atoms with E-state index in [0.717, 1.165) is 0 Å². The van der Waals surface area contributed by atoms with Gasteiger partial charge in [-0.3, -0.25) is 4.79 Å². The molecule has 25 heavy (non-hydrogen) atoms. The van der Waals surface area contributed by atoms with Crippen LogP contribution >= 0.6 is 11.8 Å². The van der Waals surface area contributed by atoms with Crippen molar-refractivity contribution in [2.45, 2.75) is 11.1 Å². The van der Waals surface area contributed by atoms with Crippen LogP contribution in [0.15, 0.2) is 53.4 Å². The lowest BCUT2D eigenvalue weighted by atomic mass is 10.2. The molecule has 0 atom stereocenters. The van der Waals surface area contributed by atoms with Gasteiger partial charge in [-0.05, 0) is 36.4 Å². The van der Waals surface area contributed by atoms with Crippen LogP contribution in [0.5, 0.6) is 5.75 Å². The second-order valence-electron chi connectivity index (χ2n) is 4.87. The van der Waals surface area contributed by atoms with E-state index in [0.29, 0.717) is 33.7 Å². The van der Waals surface area contributed by atoms with E-state index in [2.05, 4.69) is 5.32 Å². The molecule has 8 heteroatoms. The number of benzene rings is 2. The first-order valence-corrected chi connectivity index (χ1v) is 8.07. The number of nitrogens with one attached hydrogen (secondary N) is 1. The summed E-state index contributed by atoms with van der Waals surface area (Å²) in [5.74, 6) is -1.12. The maximum atomic E-state index is 12.3. The maximum Gasteiger partial charge on any atom is 0.398 e. The molecule has 0 saturated carbocycles. The molecular weight excluding hydrogens is 353 g/mol. The molecule has 0 saturated heterocycles. The van der Waals surface area contributed by atoms with E-state index < -0.39 is 17.8 Å². The van der Waals surface area contributed by atoms with Gasteiger partial charge in [-0.1, -0.05) is 12.1 Å². The lowest BCUT2D eigenvalue weighted by molar-refractivity contribution is -0.118. The Balaban J connectivity index is 1.92. The van der Waals surface area contributed by atoms with Gasteiger partial charge in [0.2, 0.25) is 0 Å². The van der Waals surface area contributed by atoms with Crippen molar-refractivity contribution in [3.05, 3.63) is 54.1 Å². The van der Waals surface area contributed by atoms with Gasteiger partial charge in [0, 0.05) is 4.90 Å². The highest BCUT2D eigenvalue weighted by atomic mass is 32.2. The van der Waals surface area contributed by atoms with E-state index in [1.807, 2.05) is 6.07 Å². The molecule has 0 fully saturated rings. The molecule has 0 spiro atoms. The van der Waals surface area contributed by atoms with Crippen molar-refractivity contribution in [2.24, 2.45) is 0 Å². The number of para-hydroxylation sites is 1. The fourth-order valence-electron chi connectivity index (χ4n) is 1.82. The number of hydrogen-bond acceptors (Lipinski definition) is 4. The molecule has 0 aliphatic heterocycles. The molecule has 130 valence electrons. The Morgan fingerprint density at radius 2 is 1.84 bits per heavy atom. The third kappa shape index (κ3) is 6.39. The quantitative estimate of drug-likeness (QED) is 0.777. The van der Waals surface area contributed by atoms with Gasteiger partial charge in [0.15, 0.2) is 6.61 Å². The van der Waals surface area contributed by atoms with Crippen LogP contribution in [0.25, 0.3) is 0 Å². The number of nitrogens with zero attached hydrogens (tertiary/aromatic N) is 1. The van der Waals surface area contributed by atoms with Gasteiger partial charge in [-0.2, -0.15) is 18.4 Å². The maximum absolute atomic E-state index is 12.3. The van der Waals surface area contributed by atoms with Crippen molar-refractivity contribution in [3.63, 3.8) is 0 Å². The molecule has 0 aliphatic carbocycles. The third-order valence-corrected chi connectivity index (χ3v) is 4.04. The summed E-state index contributed by atoms with van der Waals surface area (Å²) >= 11 is 0.603. The van der Waals surface area contributed by atoms with Gasteiger partial charge in [0.25, 0.3) is 5.91 Å². The number of thioether (sulfide) groups is 1. The number of anilines is 1. The van der Waals surface area contributed by atoms with Crippen LogP contribution in [0.1, 0.15) is 5.56 Å². The predicted molar refractivity (Wildman–Crippen MR) is 88.5 cm³/mol. The molecular formula is C17H13F3N2O2S. The first kappa shape index (κ1) is 18.7. The van der Waals surface area contributed by atoms with Crippen LogP contribution in [0.4, 0.5) is 18.9 Å². The second-order valence-corrected chi connectivity index (χ2v) is 5.89. The summed E-state index contributed by atoms with van der Waals surface area (Å²) in [6, 6.07) is 14.4. The fourth-order valence-corrected chi connectivity index (χ4v) is 2.58. The van der Waals surface area contributed by atoms with Crippen LogP contribution in [-0.2, 0) is 4.79 Å². The Bertz CT molecular complexity index is 771. The summed E-state index contributed by atoms with van der Waals surface area (Å²) in [4.78, 5) is 12.3. The largest absolute Gasteiger partial charge is 0.484 e. The number of nitriles is 1. The zero-order chi connectivity index (χ0) is 18.3. The van der Waals surface area contributed by atoms with Gasteiger partial charge < -0.3 is 10.1 Å². The number of halogens is 3. The zero-order valence-corrected chi connectivity index (χ0v) is 13.7. The second kappa shape index (κ2) is 8.44. The monoisotopic (exact) mass is 366 g/mol. The molecule has 0 bridgehead atoms. The average molecular weight is 366 g/mol. The van der Waals surface area contributed by atoms with E-state index in [1.165, 1.54) is 12.1 Å². The van der Waals surface area contributed by atoms with E-state index >= 15 is 0 Å². The number of carbonyl (C=O) groups excluding carboxylic acids is 1. The first-order valence-electron chi connectivity index (χ1n) is 7.09. The van der Waals surface area contributed by atoms with Crippen molar-refractivity contribution in [1.29, 1.82) is 5.26 Å². The zero-order valence-electron chi connectivity index (χ0n) is 12.8. The van der Waals surface area contributed by atoms with E-state index in [9.17, 15) is 18.0 Å². The third-order valence-electron chi connectivity index (χ3n) is 2.91. The summed E-state index contributed by atoms with van der Waals surface area (Å²) in [6.45, 7) is -0.301. The van der Waals surface area contributed by atoms with Crippen LogP contribution < -0.4 is 10.1 Å². The summed E-state index contributed by atoms with van der Waals surface area (Å²) in [5.41, 5.74) is 0.762. The van der Waals surface area contributed by atoms with Gasteiger partial charge in [-0.15, -0.1) is 11.8 Å². The summed E-state index contributed by atoms with van der Waals surface area (Å²) in [7, 11) is 0. The molecule has 0 aromatic heterocycles. The Morgan fingerprint density at radius 3 is 2.48 bits per heavy atom. The van der Waals surface area contributed by atoms with Crippen molar-refractivity contribution in [3.8, 4) is 11.8 Å². The Labute approximate surface area is 146 Å². The lowest BCUT2D eigenvalue weighted by Gasteiger charge is -2.12. The molecule has 0 aliphatic rings. The van der Waals surface area contributed by atoms with Gasteiger partial charge in [0.1, 0.15) is 5.75 Å². The molecule has 2 aromatic carbocycles. The molecule has 0 heterocycles. The highest BCUT2D eigenvalue weighted by molar-refractivity contribution is 7.99. The first-order chi connectivity index (χ1) is 11.9. The van der Waals surface area contributed by atoms with Crippen LogP contribution in [-0.4, -0.2) is 24.4 Å². The fraction of sp³-hybridized carbons (Fsp3) is 0.176. The van der Waals surface area contributed by atoms with E-state index in [4.69, 9.17) is 10.00 Å². The molecule has 4 nitrogen and oxygen atoms in total. The number of rotatable bonds is 6. The minimum atomic E-state index is -4.29. The summed E-state index contributed by atoms with van der Waals surface area (Å²) < 4.78 is 42.3. The number of hydrogen-bond donors (Lipinski definition) is 1. The van der Waals surface area contributed by atoms with Crippen molar-refractivity contribution < 1.29 is 22.7 Å². The molecule has 0 unspecified atom stereocenters. The van der Waals surface area contributed by atoms with Crippen LogP contribution in [0.2, 0.25) is 0 Å². The number of carbonyl (C=O) groups is 1. The van der Waals surface area contributed by atoms with E-state index in [1.54, 1.807) is 36.4 Å². The lowest BCUT2D eigenvalue weighted by Crippen LogP contribution is -2.20. The highest BCUT2D eigenvalue weighted by Gasteiger charge is 2.27. The Hall–Kier alpha value is -2.66. The summed E-state index contributed by atoms with van der Waals surface area (Å²) in [5, 5.41) is 11.2. The molecule has 1 N–H and O–H groups in total. The standard InChI is InChI=1S/C17H13F3N2O2S/c18-17(19,20)11-25-15-4-2-1-3-14(15)22-16(23)10-24-13-7-5-12(9-21)6-8-13/h1-8H,10-11H2,(H,22,23). The van der Waals surface area contributed by atoms with Gasteiger partial charge >= 0.3 is 6.18 Å². The number of amides is 1. The van der Waals surface area contributed by atoms with Crippen LogP contribution in [0, 0.1) is 11.3 Å². The Morgan fingerprint density at radius 1 is 1.16 bits per heavy atom. The number of alkyl halides is 3. The minimum Gasteiger partial charge on any atom is -0.484 e. The molecule has 1 amide bonds. The Kier molecular flexibility index (Phi) is 6.31. The summed E-state index contributed by atoms with van der Waals surface area (Å²) in [6.07, 6.45) is -4.29. The van der Waals surface area contributed by atoms with Crippen molar-refractivity contribution >= 4 is 23.4 Å². The topological polar surface area (TPSA) is 62.1 Å². The highest BCUT2D eigenvalue weighted by Crippen LogP contribution is 2.32.